The van der Waals surface area contributed by atoms with Crippen LogP contribution >= 0.6 is 27.3 Å². The topological polar surface area (TPSA) is 38.9 Å². The Morgan fingerprint density at radius 2 is 1.87 bits per heavy atom. The Bertz CT molecular complexity index is 490. The molecule has 2 N–H and O–H groups in total. The molecule has 0 unspecified atom stereocenters. The SMILES string of the molecule is Nc1ncc(-c2c(F)cc(Br)cc2F)s1. The number of nitrogens with two attached hydrogens (primary N) is 1. The highest BCUT2D eigenvalue weighted by molar-refractivity contribution is 9.10. The third kappa shape index (κ3) is 2.00. The van der Waals surface area contributed by atoms with E-state index in [2.05, 4.69) is 20.9 Å². The zero-order chi connectivity index (χ0) is 11.0. The third-order valence-corrected chi connectivity index (χ3v) is 3.08. The number of aromatic nitrogens is 1. The molecule has 0 aliphatic heterocycles. The Kier molecular flexibility index (Phi) is 2.70. The summed E-state index contributed by atoms with van der Waals surface area (Å²) in [6.07, 6.45) is 1.36. The van der Waals surface area contributed by atoms with Crippen LogP contribution in [0.2, 0.25) is 0 Å². The van der Waals surface area contributed by atoms with Gasteiger partial charge in [-0.05, 0) is 12.1 Å². The maximum absolute atomic E-state index is 13.5. The summed E-state index contributed by atoms with van der Waals surface area (Å²) in [6, 6.07) is 2.41. The average molecular weight is 291 g/mol. The van der Waals surface area contributed by atoms with Crippen molar-refractivity contribution in [3.05, 3.63) is 34.4 Å². The van der Waals surface area contributed by atoms with Crippen molar-refractivity contribution in [2.24, 2.45) is 0 Å². The fourth-order valence-electron chi connectivity index (χ4n) is 1.18. The Morgan fingerprint density at radius 3 is 2.33 bits per heavy atom. The van der Waals surface area contributed by atoms with Gasteiger partial charge in [0.15, 0.2) is 5.13 Å². The first-order valence-electron chi connectivity index (χ1n) is 3.94. The number of benzene rings is 1. The van der Waals surface area contributed by atoms with Crippen molar-refractivity contribution >= 4 is 32.4 Å². The lowest BCUT2D eigenvalue weighted by molar-refractivity contribution is 0.588. The van der Waals surface area contributed by atoms with E-state index < -0.39 is 11.6 Å². The molecule has 2 nitrogen and oxygen atoms in total. The van der Waals surface area contributed by atoms with Gasteiger partial charge in [0.05, 0.1) is 10.4 Å². The highest BCUT2D eigenvalue weighted by Gasteiger charge is 2.14. The summed E-state index contributed by atoms with van der Waals surface area (Å²) in [4.78, 5) is 4.13. The van der Waals surface area contributed by atoms with Crippen LogP contribution in [0.4, 0.5) is 13.9 Å². The highest BCUT2D eigenvalue weighted by atomic mass is 79.9. The maximum atomic E-state index is 13.5. The first-order valence-corrected chi connectivity index (χ1v) is 5.55. The van der Waals surface area contributed by atoms with E-state index in [0.717, 1.165) is 11.3 Å². The second kappa shape index (κ2) is 3.86. The van der Waals surface area contributed by atoms with Gasteiger partial charge in [0.25, 0.3) is 0 Å². The van der Waals surface area contributed by atoms with Gasteiger partial charge in [0.1, 0.15) is 11.6 Å². The van der Waals surface area contributed by atoms with E-state index in [1.165, 1.54) is 18.3 Å². The van der Waals surface area contributed by atoms with Crippen molar-refractivity contribution in [2.45, 2.75) is 0 Å². The van der Waals surface area contributed by atoms with Crippen molar-refractivity contribution in [2.75, 3.05) is 5.73 Å². The quantitative estimate of drug-likeness (QED) is 0.874. The number of nitrogens with zero attached hydrogens (tertiary/aromatic N) is 1. The molecule has 0 aliphatic carbocycles. The van der Waals surface area contributed by atoms with Crippen LogP contribution < -0.4 is 5.73 Å². The van der Waals surface area contributed by atoms with Crippen molar-refractivity contribution in [1.29, 1.82) is 0 Å². The monoisotopic (exact) mass is 290 g/mol. The summed E-state index contributed by atoms with van der Waals surface area (Å²) >= 11 is 4.05. The van der Waals surface area contributed by atoms with Gasteiger partial charge in [0.2, 0.25) is 0 Å². The van der Waals surface area contributed by atoms with E-state index in [9.17, 15) is 8.78 Å². The minimum Gasteiger partial charge on any atom is -0.375 e. The average Bonchev–Trinajstić information content (AvgIpc) is 2.49. The number of hydrogen-bond donors (Lipinski definition) is 1. The van der Waals surface area contributed by atoms with E-state index in [0.29, 0.717) is 9.35 Å². The molecule has 0 saturated carbocycles. The molecule has 2 rings (SSSR count). The van der Waals surface area contributed by atoms with Crippen molar-refractivity contribution in [3.8, 4) is 10.4 Å². The van der Waals surface area contributed by atoms with Crippen molar-refractivity contribution in [3.63, 3.8) is 0 Å². The van der Waals surface area contributed by atoms with Gasteiger partial charge in [-0.15, -0.1) is 0 Å². The molecule has 1 heterocycles. The number of halogens is 3. The smallest absolute Gasteiger partial charge is 0.180 e. The largest absolute Gasteiger partial charge is 0.375 e. The molecule has 1 aromatic heterocycles. The molecule has 15 heavy (non-hydrogen) atoms. The van der Waals surface area contributed by atoms with Crippen LogP contribution in [0.25, 0.3) is 10.4 Å². The van der Waals surface area contributed by atoms with Crippen LogP contribution in [0, 0.1) is 11.6 Å². The van der Waals surface area contributed by atoms with Gasteiger partial charge in [0, 0.05) is 10.7 Å². The molecule has 0 spiro atoms. The van der Waals surface area contributed by atoms with Crippen LogP contribution in [0.1, 0.15) is 0 Å². The summed E-state index contributed by atoms with van der Waals surface area (Å²) < 4.78 is 27.3. The fourth-order valence-corrected chi connectivity index (χ4v) is 2.32. The zero-order valence-corrected chi connectivity index (χ0v) is 9.70. The number of nitrogen functional groups attached to an aromatic ring is 1. The molecule has 6 heteroatoms. The second-order valence-corrected chi connectivity index (χ2v) is 4.79. The van der Waals surface area contributed by atoms with Crippen LogP contribution in [-0.4, -0.2) is 4.98 Å². The lowest BCUT2D eigenvalue weighted by Gasteiger charge is -2.02. The molecule has 0 radical (unpaired) electrons. The normalized spacial score (nSPS) is 10.6. The highest BCUT2D eigenvalue weighted by Crippen LogP contribution is 2.33. The number of hydrogen-bond acceptors (Lipinski definition) is 3. The Labute approximate surface area is 96.9 Å². The van der Waals surface area contributed by atoms with Gasteiger partial charge >= 0.3 is 0 Å². The lowest BCUT2D eigenvalue weighted by Crippen LogP contribution is -1.88. The molecule has 0 fully saturated rings. The minimum atomic E-state index is -0.634. The van der Waals surface area contributed by atoms with E-state index in [4.69, 9.17) is 5.73 Å². The first-order chi connectivity index (χ1) is 7.08. The minimum absolute atomic E-state index is 0.0904. The van der Waals surface area contributed by atoms with Crippen molar-refractivity contribution < 1.29 is 8.78 Å². The summed E-state index contributed by atoms with van der Waals surface area (Å²) in [5.74, 6) is -1.27. The second-order valence-electron chi connectivity index (χ2n) is 2.81. The summed E-state index contributed by atoms with van der Waals surface area (Å²) in [5, 5.41) is 0.284. The molecule has 0 saturated heterocycles. The van der Waals surface area contributed by atoms with Gasteiger partial charge in [-0.2, -0.15) is 0 Å². The predicted octanol–water partition coefficient (Wildman–Crippen LogP) is 3.43. The Balaban J connectivity index is 2.62. The standard InChI is InChI=1S/C9H5BrF2N2S/c10-4-1-5(11)8(6(12)2-4)7-3-14-9(13)15-7/h1-3H,(H2,13,14). The Hall–Kier alpha value is -1.01. The van der Waals surface area contributed by atoms with Gasteiger partial charge in [-0.25, -0.2) is 13.8 Å². The van der Waals surface area contributed by atoms with Crippen LogP contribution in [0.5, 0.6) is 0 Å². The van der Waals surface area contributed by atoms with E-state index >= 15 is 0 Å². The molecule has 0 atom stereocenters. The summed E-state index contributed by atoms with van der Waals surface area (Å²) in [6.45, 7) is 0. The van der Waals surface area contributed by atoms with Crippen LogP contribution in [-0.2, 0) is 0 Å². The molecular weight excluding hydrogens is 286 g/mol. The molecule has 0 aliphatic rings. The predicted molar refractivity (Wildman–Crippen MR) is 59.6 cm³/mol. The van der Waals surface area contributed by atoms with Crippen molar-refractivity contribution in [1.82, 2.24) is 4.98 Å². The lowest BCUT2D eigenvalue weighted by atomic mass is 10.2. The van der Waals surface area contributed by atoms with E-state index in [1.54, 1.807) is 0 Å². The number of rotatable bonds is 1. The van der Waals surface area contributed by atoms with Gasteiger partial charge < -0.3 is 5.73 Å². The molecule has 0 bridgehead atoms. The van der Waals surface area contributed by atoms with Crippen LogP contribution in [0.3, 0.4) is 0 Å². The maximum Gasteiger partial charge on any atom is 0.180 e. The summed E-state index contributed by atoms with van der Waals surface area (Å²) in [7, 11) is 0. The molecule has 0 amide bonds. The zero-order valence-electron chi connectivity index (χ0n) is 7.30. The molecule has 78 valence electrons. The Morgan fingerprint density at radius 1 is 1.27 bits per heavy atom. The van der Waals surface area contributed by atoms with E-state index in [-0.39, 0.29) is 10.7 Å². The van der Waals surface area contributed by atoms with Gasteiger partial charge in [-0.3, -0.25) is 0 Å². The van der Waals surface area contributed by atoms with Gasteiger partial charge in [-0.1, -0.05) is 27.3 Å². The molecule has 1 aromatic carbocycles. The van der Waals surface area contributed by atoms with E-state index in [1.807, 2.05) is 0 Å². The third-order valence-electron chi connectivity index (χ3n) is 1.78. The fraction of sp³-hybridized carbons (Fsp3) is 0. The number of thiazole rings is 1. The number of anilines is 1. The first kappa shape index (κ1) is 10.5. The molecule has 2 aromatic rings. The summed E-state index contributed by atoms with van der Waals surface area (Å²) in [5.41, 5.74) is 5.31. The van der Waals surface area contributed by atoms with Crippen LogP contribution in [0.15, 0.2) is 22.8 Å². The molecular formula is C9H5BrF2N2S.